The fourth-order valence-electron chi connectivity index (χ4n) is 4.05. The second-order valence-corrected chi connectivity index (χ2v) is 9.42. The molecule has 0 saturated carbocycles. The van der Waals surface area contributed by atoms with Gasteiger partial charge in [0.25, 0.3) is 5.91 Å². The van der Waals surface area contributed by atoms with Crippen molar-refractivity contribution < 1.29 is 19.5 Å². The Morgan fingerprint density at radius 1 is 1.15 bits per heavy atom. The summed E-state index contributed by atoms with van der Waals surface area (Å²) in [6.07, 6.45) is 9.57. The van der Waals surface area contributed by atoms with Crippen LogP contribution in [0.1, 0.15) is 45.7 Å². The zero-order chi connectivity index (χ0) is 23.6. The van der Waals surface area contributed by atoms with Crippen LogP contribution < -0.4 is 5.48 Å². The van der Waals surface area contributed by atoms with Gasteiger partial charge in [0.1, 0.15) is 11.2 Å². The van der Waals surface area contributed by atoms with E-state index >= 15 is 0 Å². The van der Waals surface area contributed by atoms with Gasteiger partial charge < -0.3 is 14.2 Å². The Balaban J connectivity index is 1.49. The molecule has 2 aromatic rings. The highest BCUT2D eigenvalue weighted by atomic mass is 16.6. The van der Waals surface area contributed by atoms with Crippen LogP contribution in [0, 0.1) is 0 Å². The number of aromatic nitrogens is 2. The molecule has 174 valence electrons. The summed E-state index contributed by atoms with van der Waals surface area (Å²) in [6.45, 7) is 7.41. The van der Waals surface area contributed by atoms with Crippen LogP contribution in [0.25, 0.3) is 16.6 Å². The molecular weight excluding hydrogens is 420 g/mol. The number of hydrogen-bond acceptors (Lipinski definition) is 5. The van der Waals surface area contributed by atoms with Crippen molar-refractivity contribution >= 4 is 28.6 Å². The van der Waals surface area contributed by atoms with Crippen LogP contribution in [-0.4, -0.2) is 50.3 Å². The lowest BCUT2D eigenvalue weighted by molar-refractivity contribution is -0.125. The summed E-state index contributed by atoms with van der Waals surface area (Å²) >= 11 is 0. The van der Waals surface area contributed by atoms with Crippen molar-refractivity contribution in [3.05, 3.63) is 59.5 Å². The maximum atomic E-state index is 12.3. The molecule has 2 amide bonds. The van der Waals surface area contributed by atoms with E-state index in [0.29, 0.717) is 31.6 Å². The van der Waals surface area contributed by atoms with E-state index in [9.17, 15) is 9.59 Å². The number of allylic oxidation sites excluding steroid dienone is 3. The number of pyridine rings is 1. The van der Waals surface area contributed by atoms with Crippen molar-refractivity contribution in [2.24, 2.45) is 0 Å². The molecule has 0 bridgehead atoms. The molecule has 2 N–H and O–H groups in total. The molecule has 3 heterocycles. The third-order valence-electron chi connectivity index (χ3n) is 5.80. The summed E-state index contributed by atoms with van der Waals surface area (Å²) < 4.78 is 7.59. The first kappa shape index (κ1) is 22.8. The summed E-state index contributed by atoms with van der Waals surface area (Å²) in [5.41, 5.74) is 5.91. The van der Waals surface area contributed by atoms with Crippen molar-refractivity contribution in [1.82, 2.24) is 19.9 Å². The van der Waals surface area contributed by atoms with Crippen LogP contribution in [-0.2, 0) is 16.1 Å². The molecule has 1 aliphatic carbocycles. The third-order valence-corrected chi connectivity index (χ3v) is 5.80. The molecule has 1 aliphatic heterocycles. The Kier molecular flexibility index (Phi) is 6.37. The average molecular weight is 451 g/mol. The largest absolute Gasteiger partial charge is 0.444 e. The maximum absolute atomic E-state index is 12.3. The molecular formula is C25H30N4O4. The molecule has 0 radical (unpaired) electrons. The summed E-state index contributed by atoms with van der Waals surface area (Å²) in [5.74, 6) is -0.450. The number of ether oxygens (including phenoxy) is 1. The number of amides is 2. The Morgan fingerprint density at radius 3 is 2.61 bits per heavy atom. The molecule has 0 saturated heterocycles. The number of hydroxylamine groups is 1. The zero-order valence-electron chi connectivity index (χ0n) is 19.3. The number of rotatable bonds is 4. The number of carbonyl (C=O) groups excluding carboxylic acids is 2. The molecule has 0 fully saturated rings. The Morgan fingerprint density at radius 2 is 1.97 bits per heavy atom. The minimum Gasteiger partial charge on any atom is -0.444 e. The molecule has 2 aromatic heterocycles. The number of nitrogens with one attached hydrogen (secondary N) is 1. The van der Waals surface area contributed by atoms with Crippen molar-refractivity contribution in [3.8, 4) is 0 Å². The Bertz CT molecular complexity index is 1170. The van der Waals surface area contributed by atoms with E-state index in [1.807, 2.05) is 39.1 Å². The predicted molar refractivity (Wildman–Crippen MR) is 125 cm³/mol. The van der Waals surface area contributed by atoms with E-state index in [0.717, 1.165) is 35.1 Å². The van der Waals surface area contributed by atoms with Gasteiger partial charge in [-0.05, 0) is 63.8 Å². The quantitative estimate of drug-likeness (QED) is 0.537. The first-order chi connectivity index (χ1) is 15.7. The fourth-order valence-corrected chi connectivity index (χ4v) is 4.05. The fraction of sp³-hybridized carbons (Fsp3) is 0.400. The van der Waals surface area contributed by atoms with Crippen LogP contribution in [0.2, 0.25) is 0 Å². The van der Waals surface area contributed by atoms with Gasteiger partial charge in [0.15, 0.2) is 0 Å². The molecule has 8 heteroatoms. The van der Waals surface area contributed by atoms with Gasteiger partial charge in [-0.1, -0.05) is 23.8 Å². The van der Waals surface area contributed by atoms with Crippen molar-refractivity contribution in [3.63, 3.8) is 0 Å². The minimum atomic E-state index is -0.505. The summed E-state index contributed by atoms with van der Waals surface area (Å²) in [6, 6.07) is 6.16. The SMILES string of the molecule is CC(C)(C)OC(=O)N1CC=C(c2ccc3ccn(CC4=CC=C(C(=O)NO)CC4)c3n2)CC1. The first-order valence-corrected chi connectivity index (χ1v) is 11.2. The average Bonchev–Trinajstić information content (AvgIpc) is 3.20. The standard InChI is InChI=1S/C25H30N4O4/c1-25(2,3)33-24(31)28-13-10-18(11-14-28)21-9-8-19-12-15-29(22(19)26-21)16-17-4-6-20(7-5-17)23(30)27-32/h4,6,8-10,12,15,32H,5,7,11,13-14,16H2,1-3H3,(H,27,30). The molecule has 0 aromatic carbocycles. The molecule has 0 atom stereocenters. The Hall–Kier alpha value is -3.39. The van der Waals surface area contributed by atoms with Crippen LogP contribution in [0.3, 0.4) is 0 Å². The smallest absolute Gasteiger partial charge is 0.410 e. The first-order valence-electron chi connectivity index (χ1n) is 11.2. The molecule has 8 nitrogen and oxygen atoms in total. The monoisotopic (exact) mass is 450 g/mol. The van der Waals surface area contributed by atoms with E-state index in [2.05, 4.69) is 22.8 Å². The second-order valence-electron chi connectivity index (χ2n) is 9.42. The lowest BCUT2D eigenvalue weighted by Gasteiger charge is -2.29. The van der Waals surface area contributed by atoms with Crippen LogP contribution in [0.5, 0.6) is 0 Å². The predicted octanol–water partition coefficient (Wildman–Crippen LogP) is 4.21. The van der Waals surface area contributed by atoms with Gasteiger partial charge >= 0.3 is 6.09 Å². The van der Waals surface area contributed by atoms with Gasteiger partial charge in [-0.25, -0.2) is 15.3 Å². The van der Waals surface area contributed by atoms with Gasteiger partial charge in [0.05, 0.1) is 5.69 Å². The molecule has 4 rings (SSSR count). The van der Waals surface area contributed by atoms with Gasteiger partial charge in [0, 0.05) is 36.8 Å². The van der Waals surface area contributed by atoms with Gasteiger partial charge in [0.2, 0.25) is 0 Å². The lowest BCUT2D eigenvalue weighted by atomic mass is 9.98. The van der Waals surface area contributed by atoms with Gasteiger partial charge in [-0.2, -0.15) is 0 Å². The number of carbonyl (C=O) groups is 2. The zero-order valence-corrected chi connectivity index (χ0v) is 19.3. The second kappa shape index (κ2) is 9.23. The molecule has 0 spiro atoms. The number of hydrogen-bond donors (Lipinski definition) is 2. The van der Waals surface area contributed by atoms with E-state index in [-0.39, 0.29) is 6.09 Å². The number of fused-ring (bicyclic) bond motifs is 1. The van der Waals surface area contributed by atoms with Crippen molar-refractivity contribution in [1.29, 1.82) is 0 Å². The summed E-state index contributed by atoms with van der Waals surface area (Å²) in [7, 11) is 0. The third kappa shape index (κ3) is 5.34. The topological polar surface area (TPSA) is 96.7 Å². The van der Waals surface area contributed by atoms with Crippen LogP contribution in [0.4, 0.5) is 4.79 Å². The molecule has 2 aliphatic rings. The lowest BCUT2D eigenvalue weighted by Crippen LogP contribution is -2.39. The maximum Gasteiger partial charge on any atom is 0.410 e. The van der Waals surface area contributed by atoms with Gasteiger partial charge in [-0.3, -0.25) is 10.0 Å². The van der Waals surface area contributed by atoms with E-state index in [1.165, 1.54) is 5.57 Å². The highest BCUT2D eigenvalue weighted by Gasteiger charge is 2.24. The van der Waals surface area contributed by atoms with Crippen molar-refractivity contribution in [2.75, 3.05) is 13.1 Å². The number of nitrogens with zero attached hydrogens (tertiary/aromatic N) is 3. The van der Waals surface area contributed by atoms with E-state index < -0.39 is 11.5 Å². The normalized spacial score (nSPS) is 16.7. The molecule has 0 unspecified atom stereocenters. The molecule has 33 heavy (non-hydrogen) atoms. The van der Waals surface area contributed by atoms with Gasteiger partial charge in [-0.15, -0.1) is 0 Å². The van der Waals surface area contributed by atoms with Crippen LogP contribution >= 0.6 is 0 Å². The highest BCUT2D eigenvalue weighted by molar-refractivity contribution is 5.93. The van der Waals surface area contributed by atoms with E-state index in [1.54, 1.807) is 16.5 Å². The Labute approximate surface area is 193 Å². The highest BCUT2D eigenvalue weighted by Crippen LogP contribution is 2.26. The van der Waals surface area contributed by atoms with E-state index in [4.69, 9.17) is 14.9 Å². The van der Waals surface area contributed by atoms with Crippen LogP contribution in [0.15, 0.2) is 53.8 Å². The summed E-state index contributed by atoms with van der Waals surface area (Å²) in [4.78, 5) is 30.5. The summed E-state index contributed by atoms with van der Waals surface area (Å²) in [5, 5.41) is 9.86. The minimum absolute atomic E-state index is 0.287. The van der Waals surface area contributed by atoms with Crippen molar-refractivity contribution in [2.45, 2.75) is 52.2 Å².